The Labute approximate surface area is 107 Å². The van der Waals surface area contributed by atoms with E-state index < -0.39 is 15.7 Å². The van der Waals surface area contributed by atoms with Crippen LogP contribution < -0.4 is 11.1 Å². The number of nitrogen functional groups attached to an aromatic ring is 1. The molecule has 1 atom stereocenters. The highest BCUT2D eigenvalue weighted by atomic mass is 79.9. The van der Waals surface area contributed by atoms with Crippen molar-refractivity contribution in [1.82, 2.24) is 0 Å². The van der Waals surface area contributed by atoms with Gasteiger partial charge in [0.15, 0.2) is 9.84 Å². The van der Waals surface area contributed by atoms with E-state index in [-0.39, 0.29) is 16.3 Å². The summed E-state index contributed by atoms with van der Waals surface area (Å²) in [5, 5.41) is 4.03. The predicted molar refractivity (Wildman–Crippen MR) is 68.8 cm³/mol. The summed E-state index contributed by atoms with van der Waals surface area (Å²) in [5.41, 5.74) is 6.45. The standard InChI is InChI=1S/C10H10BrFN2O2S/c11-7-3-9(13)10(4-8(7)12)14-6-1-2-17(15,16)5-6/h1-4,6,14H,5,13H2. The molecule has 2 rings (SSSR count). The molecule has 1 unspecified atom stereocenters. The topological polar surface area (TPSA) is 72.2 Å². The molecule has 1 aliphatic heterocycles. The van der Waals surface area contributed by atoms with Crippen LogP contribution >= 0.6 is 15.9 Å². The molecule has 3 N–H and O–H groups in total. The molecule has 1 aromatic rings. The molecule has 0 aromatic heterocycles. The first-order chi connectivity index (χ1) is 7.87. The summed E-state index contributed by atoms with van der Waals surface area (Å²) in [6.45, 7) is 0. The van der Waals surface area contributed by atoms with Crippen LogP contribution in [0.5, 0.6) is 0 Å². The largest absolute Gasteiger partial charge is 0.397 e. The lowest BCUT2D eigenvalue weighted by Gasteiger charge is -2.14. The Bertz CT molecular complexity index is 586. The van der Waals surface area contributed by atoms with Crippen LogP contribution in [-0.2, 0) is 9.84 Å². The van der Waals surface area contributed by atoms with Crippen molar-refractivity contribution < 1.29 is 12.8 Å². The minimum Gasteiger partial charge on any atom is -0.397 e. The van der Waals surface area contributed by atoms with Crippen LogP contribution in [0.1, 0.15) is 0 Å². The molecule has 1 aliphatic rings. The fraction of sp³-hybridized carbons (Fsp3) is 0.200. The number of nitrogens with two attached hydrogens (primary N) is 1. The molecule has 0 spiro atoms. The Morgan fingerprint density at radius 1 is 1.47 bits per heavy atom. The molecule has 17 heavy (non-hydrogen) atoms. The molecular formula is C10H10BrFN2O2S. The zero-order valence-electron chi connectivity index (χ0n) is 8.65. The van der Waals surface area contributed by atoms with Crippen LogP contribution in [0.15, 0.2) is 28.1 Å². The second kappa shape index (κ2) is 4.30. The third-order valence-electron chi connectivity index (χ3n) is 2.36. The first-order valence-electron chi connectivity index (χ1n) is 4.79. The number of nitrogens with one attached hydrogen (secondary N) is 1. The number of sulfone groups is 1. The number of benzene rings is 1. The molecule has 0 bridgehead atoms. The molecule has 0 amide bonds. The van der Waals surface area contributed by atoms with E-state index in [0.717, 1.165) is 5.41 Å². The summed E-state index contributed by atoms with van der Waals surface area (Å²) in [6.07, 6.45) is 1.52. The Balaban J connectivity index is 2.21. The highest BCUT2D eigenvalue weighted by Crippen LogP contribution is 2.27. The molecular weight excluding hydrogens is 311 g/mol. The van der Waals surface area contributed by atoms with E-state index >= 15 is 0 Å². The highest BCUT2D eigenvalue weighted by molar-refractivity contribution is 9.10. The lowest BCUT2D eigenvalue weighted by Crippen LogP contribution is -2.21. The molecule has 92 valence electrons. The predicted octanol–water partition coefficient (Wildman–Crippen LogP) is 1.89. The quantitative estimate of drug-likeness (QED) is 0.816. The Morgan fingerprint density at radius 3 is 2.76 bits per heavy atom. The van der Waals surface area contributed by atoms with E-state index in [0.29, 0.717) is 11.4 Å². The highest BCUT2D eigenvalue weighted by Gasteiger charge is 2.22. The molecule has 7 heteroatoms. The smallest absolute Gasteiger partial charge is 0.173 e. The minimum absolute atomic E-state index is 0.0376. The number of halogens is 2. The summed E-state index contributed by atoms with van der Waals surface area (Å²) in [4.78, 5) is 0. The summed E-state index contributed by atoms with van der Waals surface area (Å²) in [5.74, 6) is -0.490. The van der Waals surface area contributed by atoms with Crippen molar-refractivity contribution in [2.45, 2.75) is 6.04 Å². The van der Waals surface area contributed by atoms with Crippen LogP contribution in [-0.4, -0.2) is 20.2 Å². The Hall–Kier alpha value is -1.08. The fourth-order valence-corrected chi connectivity index (χ4v) is 3.15. The number of hydrogen-bond acceptors (Lipinski definition) is 4. The number of anilines is 2. The maximum absolute atomic E-state index is 13.3. The van der Waals surface area contributed by atoms with Gasteiger partial charge in [-0.05, 0) is 22.0 Å². The maximum atomic E-state index is 13.3. The molecule has 0 fully saturated rings. The van der Waals surface area contributed by atoms with Gasteiger partial charge in [0.25, 0.3) is 0 Å². The Morgan fingerprint density at radius 2 is 2.18 bits per heavy atom. The second-order valence-electron chi connectivity index (χ2n) is 3.76. The summed E-state index contributed by atoms with van der Waals surface area (Å²) in [7, 11) is -3.13. The lowest BCUT2D eigenvalue weighted by atomic mass is 10.2. The molecule has 1 heterocycles. The van der Waals surface area contributed by atoms with Crippen molar-refractivity contribution >= 4 is 37.1 Å². The Kier molecular flexibility index (Phi) is 3.13. The van der Waals surface area contributed by atoms with Crippen LogP contribution in [0.3, 0.4) is 0 Å². The van der Waals surface area contributed by atoms with Gasteiger partial charge < -0.3 is 11.1 Å². The van der Waals surface area contributed by atoms with Crippen molar-refractivity contribution in [3.05, 3.63) is 33.9 Å². The number of hydrogen-bond donors (Lipinski definition) is 2. The average molecular weight is 321 g/mol. The summed E-state index contributed by atoms with van der Waals surface area (Å²) >= 11 is 3.02. The van der Waals surface area contributed by atoms with Gasteiger partial charge >= 0.3 is 0 Å². The van der Waals surface area contributed by atoms with Gasteiger partial charge in [-0.15, -0.1) is 0 Å². The van der Waals surface area contributed by atoms with E-state index in [1.165, 1.54) is 18.2 Å². The van der Waals surface area contributed by atoms with Gasteiger partial charge in [-0.1, -0.05) is 6.08 Å². The van der Waals surface area contributed by atoms with Gasteiger partial charge in [-0.3, -0.25) is 0 Å². The van der Waals surface area contributed by atoms with Gasteiger partial charge in [-0.25, -0.2) is 12.8 Å². The zero-order chi connectivity index (χ0) is 12.6. The third-order valence-corrected chi connectivity index (χ3v) is 4.37. The second-order valence-corrected chi connectivity index (χ2v) is 6.55. The zero-order valence-corrected chi connectivity index (χ0v) is 11.1. The molecule has 4 nitrogen and oxygen atoms in total. The first-order valence-corrected chi connectivity index (χ1v) is 7.30. The van der Waals surface area contributed by atoms with Crippen molar-refractivity contribution in [2.24, 2.45) is 0 Å². The molecule has 0 saturated carbocycles. The SMILES string of the molecule is Nc1cc(Br)c(F)cc1NC1C=CS(=O)(=O)C1. The average Bonchev–Trinajstić information content (AvgIpc) is 2.54. The summed E-state index contributed by atoms with van der Waals surface area (Å²) in [6, 6.07) is 2.30. The van der Waals surface area contributed by atoms with Crippen molar-refractivity contribution in [3.8, 4) is 0 Å². The third kappa shape index (κ3) is 2.78. The van der Waals surface area contributed by atoms with Gasteiger partial charge in [0, 0.05) is 11.5 Å². The molecule has 0 radical (unpaired) electrons. The normalized spacial score (nSPS) is 21.6. The van der Waals surface area contributed by atoms with Gasteiger partial charge in [0.05, 0.1) is 27.6 Å². The first kappa shape index (κ1) is 12.4. The fourth-order valence-electron chi connectivity index (χ4n) is 1.55. The molecule has 1 aromatic carbocycles. The van der Waals surface area contributed by atoms with E-state index in [2.05, 4.69) is 21.2 Å². The van der Waals surface area contributed by atoms with Gasteiger partial charge in [-0.2, -0.15) is 0 Å². The molecule has 0 aliphatic carbocycles. The van der Waals surface area contributed by atoms with Crippen LogP contribution in [0, 0.1) is 5.82 Å². The van der Waals surface area contributed by atoms with Gasteiger partial charge in [0.1, 0.15) is 5.82 Å². The molecule has 0 saturated heterocycles. The van der Waals surface area contributed by atoms with E-state index in [1.807, 2.05) is 0 Å². The van der Waals surface area contributed by atoms with Crippen molar-refractivity contribution in [2.75, 3.05) is 16.8 Å². The van der Waals surface area contributed by atoms with E-state index in [4.69, 9.17) is 5.73 Å². The minimum atomic E-state index is -3.13. The summed E-state index contributed by atoms with van der Waals surface area (Å²) < 4.78 is 36.0. The van der Waals surface area contributed by atoms with Crippen LogP contribution in [0.25, 0.3) is 0 Å². The van der Waals surface area contributed by atoms with Crippen molar-refractivity contribution in [3.63, 3.8) is 0 Å². The number of rotatable bonds is 2. The van der Waals surface area contributed by atoms with Crippen LogP contribution in [0.2, 0.25) is 0 Å². The van der Waals surface area contributed by atoms with E-state index in [1.54, 1.807) is 0 Å². The van der Waals surface area contributed by atoms with Crippen LogP contribution in [0.4, 0.5) is 15.8 Å². The monoisotopic (exact) mass is 320 g/mol. The lowest BCUT2D eigenvalue weighted by molar-refractivity contribution is 0.605. The van der Waals surface area contributed by atoms with Gasteiger partial charge in [0.2, 0.25) is 0 Å². The van der Waals surface area contributed by atoms with E-state index in [9.17, 15) is 12.8 Å². The maximum Gasteiger partial charge on any atom is 0.173 e. The van der Waals surface area contributed by atoms with Crippen molar-refractivity contribution in [1.29, 1.82) is 0 Å².